The van der Waals surface area contributed by atoms with E-state index in [1.807, 2.05) is 42.4 Å². The van der Waals surface area contributed by atoms with Crippen LogP contribution in [-0.2, 0) is 0 Å². The molecule has 110 valence electrons. The van der Waals surface area contributed by atoms with E-state index in [1.165, 1.54) is 0 Å². The fourth-order valence-corrected chi connectivity index (χ4v) is 3.32. The fourth-order valence-electron chi connectivity index (χ4n) is 2.45. The minimum Gasteiger partial charge on any atom is -0.354 e. The second-order valence-corrected chi connectivity index (χ2v) is 6.15. The van der Waals surface area contributed by atoms with Gasteiger partial charge >= 0.3 is 0 Å². The van der Waals surface area contributed by atoms with Crippen molar-refractivity contribution in [3.8, 4) is 0 Å². The predicted molar refractivity (Wildman–Crippen MR) is 87.9 cm³/mol. The molecule has 1 aliphatic rings. The lowest BCUT2D eigenvalue weighted by atomic mass is 10.3. The van der Waals surface area contributed by atoms with Gasteiger partial charge in [0.25, 0.3) is 0 Å². The van der Waals surface area contributed by atoms with Crippen molar-refractivity contribution >= 4 is 17.6 Å². The molecule has 0 amide bonds. The summed E-state index contributed by atoms with van der Waals surface area (Å²) in [5.41, 5.74) is 0. The van der Waals surface area contributed by atoms with Gasteiger partial charge in [0, 0.05) is 50.9 Å². The van der Waals surface area contributed by atoms with Crippen LogP contribution < -0.4 is 4.90 Å². The third-order valence-corrected chi connectivity index (χ3v) is 4.56. The maximum atomic E-state index is 4.42. The molecule has 0 N–H and O–H groups in total. The van der Waals surface area contributed by atoms with E-state index in [0.29, 0.717) is 0 Å². The number of piperazine rings is 1. The Bertz CT molecular complexity index is 524. The average Bonchev–Trinajstić information content (AvgIpc) is 2.57. The Kier molecular flexibility index (Phi) is 5.08. The summed E-state index contributed by atoms with van der Waals surface area (Å²) in [5.74, 6) is 2.20. The highest BCUT2D eigenvalue weighted by atomic mass is 32.2. The van der Waals surface area contributed by atoms with Crippen molar-refractivity contribution in [1.29, 1.82) is 0 Å². The van der Waals surface area contributed by atoms with Crippen molar-refractivity contribution in [2.45, 2.75) is 5.03 Å². The largest absolute Gasteiger partial charge is 0.354 e. The number of aromatic nitrogens is 2. The number of thioether (sulfide) groups is 1. The van der Waals surface area contributed by atoms with Crippen LogP contribution in [0, 0.1) is 0 Å². The van der Waals surface area contributed by atoms with Gasteiger partial charge < -0.3 is 4.90 Å². The summed E-state index contributed by atoms with van der Waals surface area (Å²) in [6, 6.07) is 12.2. The summed E-state index contributed by atoms with van der Waals surface area (Å²) in [4.78, 5) is 13.7. The number of nitrogens with zero attached hydrogens (tertiary/aromatic N) is 4. The summed E-state index contributed by atoms with van der Waals surface area (Å²) < 4.78 is 0. The molecule has 4 nitrogen and oxygen atoms in total. The zero-order valence-electron chi connectivity index (χ0n) is 12.1. The molecule has 2 aromatic heterocycles. The molecule has 21 heavy (non-hydrogen) atoms. The van der Waals surface area contributed by atoms with Crippen LogP contribution in [0.2, 0.25) is 0 Å². The Morgan fingerprint density at radius 1 is 0.905 bits per heavy atom. The Morgan fingerprint density at radius 2 is 1.67 bits per heavy atom. The lowest BCUT2D eigenvalue weighted by Crippen LogP contribution is -2.47. The average molecular weight is 300 g/mol. The first-order valence-corrected chi connectivity index (χ1v) is 8.32. The minimum absolute atomic E-state index is 1.06. The second kappa shape index (κ2) is 7.43. The van der Waals surface area contributed by atoms with Crippen molar-refractivity contribution in [3.05, 3.63) is 48.8 Å². The molecule has 0 unspecified atom stereocenters. The fraction of sp³-hybridized carbons (Fsp3) is 0.375. The molecule has 1 aliphatic heterocycles. The van der Waals surface area contributed by atoms with E-state index < -0.39 is 0 Å². The van der Waals surface area contributed by atoms with Crippen LogP contribution in [0.5, 0.6) is 0 Å². The molecule has 0 aromatic carbocycles. The van der Waals surface area contributed by atoms with E-state index in [1.54, 1.807) is 0 Å². The molecule has 3 rings (SSSR count). The van der Waals surface area contributed by atoms with Crippen LogP contribution in [0.25, 0.3) is 0 Å². The van der Waals surface area contributed by atoms with Crippen molar-refractivity contribution in [1.82, 2.24) is 14.9 Å². The standard InChI is InChI=1S/C16H20N4S/c1-3-7-17-15(5-1)20-11-9-19(10-12-20)13-14-21-16-6-2-4-8-18-16/h1-8H,9-14H2. The zero-order valence-corrected chi connectivity index (χ0v) is 12.9. The topological polar surface area (TPSA) is 32.3 Å². The van der Waals surface area contributed by atoms with Crippen LogP contribution in [0.3, 0.4) is 0 Å². The summed E-state index contributed by atoms with van der Waals surface area (Å²) in [6.07, 6.45) is 3.72. The lowest BCUT2D eigenvalue weighted by Gasteiger charge is -2.35. The van der Waals surface area contributed by atoms with Gasteiger partial charge in [-0.15, -0.1) is 11.8 Å². The Morgan fingerprint density at radius 3 is 2.33 bits per heavy atom. The molecule has 0 atom stereocenters. The predicted octanol–water partition coefficient (Wildman–Crippen LogP) is 2.39. The minimum atomic E-state index is 1.06. The van der Waals surface area contributed by atoms with Crippen molar-refractivity contribution in [2.75, 3.05) is 43.4 Å². The molecular formula is C16H20N4S. The number of rotatable bonds is 5. The van der Waals surface area contributed by atoms with Gasteiger partial charge in [0.05, 0.1) is 5.03 Å². The highest BCUT2D eigenvalue weighted by Crippen LogP contribution is 2.16. The van der Waals surface area contributed by atoms with Crippen LogP contribution in [0.4, 0.5) is 5.82 Å². The maximum Gasteiger partial charge on any atom is 0.128 e. The van der Waals surface area contributed by atoms with Gasteiger partial charge in [-0.2, -0.15) is 0 Å². The highest BCUT2D eigenvalue weighted by Gasteiger charge is 2.17. The van der Waals surface area contributed by atoms with E-state index in [2.05, 4.69) is 38.0 Å². The molecule has 3 heterocycles. The van der Waals surface area contributed by atoms with Crippen molar-refractivity contribution < 1.29 is 0 Å². The molecule has 0 spiro atoms. The van der Waals surface area contributed by atoms with Gasteiger partial charge in [0.15, 0.2) is 0 Å². The number of hydrogen-bond acceptors (Lipinski definition) is 5. The van der Waals surface area contributed by atoms with E-state index in [9.17, 15) is 0 Å². The smallest absolute Gasteiger partial charge is 0.128 e. The van der Waals surface area contributed by atoms with Crippen LogP contribution in [0.1, 0.15) is 0 Å². The second-order valence-electron chi connectivity index (χ2n) is 5.03. The first kappa shape index (κ1) is 14.4. The van der Waals surface area contributed by atoms with Gasteiger partial charge in [-0.3, -0.25) is 4.90 Å². The quantitative estimate of drug-likeness (QED) is 0.792. The highest BCUT2D eigenvalue weighted by molar-refractivity contribution is 7.99. The number of hydrogen-bond donors (Lipinski definition) is 0. The van der Waals surface area contributed by atoms with Crippen LogP contribution in [0.15, 0.2) is 53.8 Å². The van der Waals surface area contributed by atoms with Gasteiger partial charge in [0.1, 0.15) is 5.82 Å². The summed E-state index contributed by atoms with van der Waals surface area (Å²) >= 11 is 1.83. The van der Waals surface area contributed by atoms with Gasteiger partial charge in [0.2, 0.25) is 0 Å². The first-order valence-electron chi connectivity index (χ1n) is 7.34. The third-order valence-electron chi connectivity index (χ3n) is 3.64. The first-order chi connectivity index (χ1) is 10.4. The molecule has 0 aliphatic carbocycles. The molecule has 0 saturated carbocycles. The number of anilines is 1. The van der Waals surface area contributed by atoms with Crippen LogP contribution in [-0.4, -0.2) is 53.3 Å². The number of pyridine rings is 2. The summed E-state index contributed by atoms with van der Waals surface area (Å²) in [7, 11) is 0. The summed E-state index contributed by atoms with van der Waals surface area (Å²) in [5, 5.41) is 1.12. The Labute approximate surface area is 130 Å². The van der Waals surface area contributed by atoms with Crippen molar-refractivity contribution in [2.24, 2.45) is 0 Å². The Balaban J connectivity index is 1.40. The normalized spacial score (nSPS) is 16.1. The monoisotopic (exact) mass is 300 g/mol. The van der Waals surface area contributed by atoms with Gasteiger partial charge in [-0.25, -0.2) is 9.97 Å². The van der Waals surface area contributed by atoms with E-state index in [4.69, 9.17) is 0 Å². The zero-order chi connectivity index (χ0) is 14.3. The lowest BCUT2D eigenvalue weighted by molar-refractivity contribution is 0.272. The summed E-state index contributed by atoms with van der Waals surface area (Å²) in [6.45, 7) is 5.46. The molecule has 5 heteroatoms. The SMILES string of the molecule is c1ccc(SCCN2CCN(c3ccccn3)CC2)nc1. The van der Waals surface area contributed by atoms with E-state index >= 15 is 0 Å². The van der Waals surface area contributed by atoms with Gasteiger partial charge in [-0.05, 0) is 24.3 Å². The molecule has 0 bridgehead atoms. The maximum absolute atomic E-state index is 4.42. The molecule has 1 saturated heterocycles. The molecule has 0 radical (unpaired) electrons. The third kappa shape index (κ3) is 4.19. The van der Waals surface area contributed by atoms with Crippen molar-refractivity contribution in [3.63, 3.8) is 0 Å². The Hall–Kier alpha value is -1.59. The van der Waals surface area contributed by atoms with Crippen LogP contribution >= 0.6 is 11.8 Å². The van der Waals surface area contributed by atoms with E-state index in [-0.39, 0.29) is 0 Å². The van der Waals surface area contributed by atoms with E-state index in [0.717, 1.165) is 49.3 Å². The molecule has 2 aromatic rings. The molecule has 1 fully saturated rings. The molecular weight excluding hydrogens is 280 g/mol. The van der Waals surface area contributed by atoms with Gasteiger partial charge in [-0.1, -0.05) is 12.1 Å².